The van der Waals surface area contributed by atoms with Crippen LogP contribution in [0.1, 0.15) is 27.7 Å². The molecule has 0 aromatic heterocycles. The van der Waals surface area contributed by atoms with E-state index in [9.17, 15) is 9.59 Å². The summed E-state index contributed by atoms with van der Waals surface area (Å²) < 4.78 is 10.5. The molecule has 0 aliphatic carbocycles. The van der Waals surface area contributed by atoms with Crippen molar-refractivity contribution in [2.24, 2.45) is 5.92 Å². The van der Waals surface area contributed by atoms with E-state index in [1.807, 2.05) is 13.8 Å². The van der Waals surface area contributed by atoms with Gasteiger partial charge >= 0.3 is 5.97 Å². The minimum atomic E-state index is -0.908. The first kappa shape index (κ1) is 19.6. The van der Waals surface area contributed by atoms with Crippen molar-refractivity contribution in [3.05, 3.63) is 28.2 Å². The van der Waals surface area contributed by atoms with Gasteiger partial charge in [0.1, 0.15) is 5.75 Å². The molecule has 0 aliphatic heterocycles. The molecule has 1 rings (SSSR count). The third-order valence-corrected chi connectivity index (χ3v) is 3.41. The Morgan fingerprint density at radius 3 is 2.35 bits per heavy atom. The van der Waals surface area contributed by atoms with Gasteiger partial charge in [-0.3, -0.25) is 4.79 Å². The Labute approximate surface area is 146 Å². The summed E-state index contributed by atoms with van der Waals surface area (Å²) in [6, 6.07) is 4.68. The van der Waals surface area contributed by atoms with Crippen LogP contribution in [0.4, 0.5) is 0 Å². The fraction of sp³-hybridized carbons (Fsp3) is 0.500. The predicted octanol–water partition coefficient (Wildman–Crippen LogP) is 3.46. The summed E-state index contributed by atoms with van der Waals surface area (Å²) in [6.45, 7) is 7.50. The largest absolute Gasteiger partial charge is 0.477 e. The van der Waals surface area contributed by atoms with Gasteiger partial charge in [-0.1, -0.05) is 37.0 Å². The van der Waals surface area contributed by atoms with Crippen LogP contribution >= 0.6 is 23.2 Å². The number of hydrogen-bond donors (Lipinski definition) is 1. The topological polar surface area (TPSA) is 64.6 Å². The molecule has 0 unspecified atom stereocenters. The van der Waals surface area contributed by atoms with Crippen LogP contribution < -0.4 is 10.1 Å². The Kier molecular flexibility index (Phi) is 7.65. The second kappa shape index (κ2) is 8.99. The maximum atomic E-state index is 12.0. The number of esters is 1. The lowest BCUT2D eigenvalue weighted by atomic mass is 10.2. The van der Waals surface area contributed by atoms with E-state index in [1.54, 1.807) is 12.1 Å². The molecule has 0 saturated heterocycles. The van der Waals surface area contributed by atoms with Gasteiger partial charge in [-0.2, -0.15) is 0 Å². The molecule has 0 heterocycles. The van der Waals surface area contributed by atoms with Gasteiger partial charge in [0.25, 0.3) is 5.91 Å². The molecule has 0 saturated carbocycles. The molecular weight excluding hydrogens is 341 g/mol. The Morgan fingerprint density at radius 1 is 1.13 bits per heavy atom. The second-order valence-electron chi connectivity index (χ2n) is 5.55. The van der Waals surface area contributed by atoms with E-state index >= 15 is 0 Å². The maximum Gasteiger partial charge on any atom is 0.347 e. The zero-order valence-electron chi connectivity index (χ0n) is 13.6. The van der Waals surface area contributed by atoms with E-state index in [4.69, 9.17) is 32.7 Å². The highest BCUT2D eigenvalue weighted by Crippen LogP contribution is 2.28. The van der Waals surface area contributed by atoms with Crippen LogP contribution in [0.3, 0.4) is 0 Å². The van der Waals surface area contributed by atoms with Crippen LogP contribution in [0.5, 0.6) is 5.75 Å². The number of hydrogen-bond acceptors (Lipinski definition) is 4. The summed E-state index contributed by atoms with van der Waals surface area (Å²) in [6.07, 6.45) is -1.80. The molecule has 0 spiro atoms. The van der Waals surface area contributed by atoms with Gasteiger partial charge in [-0.15, -0.1) is 0 Å². The van der Waals surface area contributed by atoms with Gasteiger partial charge in [0.05, 0.1) is 5.02 Å². The molecular formula is C16H21Cl2NO4. The Hall–Kier alpha value is -1.46. The van der Waals surface area contributed by atoms with E-state index in [1.165, 1.54) is 19.9 Å². The van der Waals surface area contributed by atoms with Crippen LogP contribution in [-0.4, -0.2) is 30.6 Å². The first-order valence-electron chi connectivity index (χ1n) is 7.30. The zero-order chi connectivity index (χ0) is 17.6. The van der Waals surface area contributed by atoms with Crippen LogP contribution in [0.25, 0.3) is 0 Å². The summed E-state index contributed by atoms with van der Waals surface area (Å²) in [5, 5.41) is 3.46. The summed E-state index contributed by atoms with van der Waals surface area (Å²) in [5.41, 5.74) is 0. The van der Waals surface area contributed by atoms with Gasteiger partial charge in [-0.05, 0) is 38.0 Å². The van der Waals surface area contributed by atoms with Gasteiger partial charge in [0.15, 0.2) is 12.2 Å². The second-order valence-corrected chi connectivity index (χ2v) is 6.40. The highest BCUT2D eigenvalue weighted by atomic mass is 35.5. The third kappa shape index (κ3) is 6.67. The minimum absolute atomic E-state index is 0.292. The molecule has 0 radical (unpaired) electrons. The lowest BCUT2D eigenvalue weighted by Gasteiger charge is -2.18. The molecule has 0 aliphatic rings. The highest BCUT2D eigenvalue weighted by molar-refractivity contribution is 6.35. The highest BCUT2D eigenvalue weighted by Gasteiger charge is 2.23. The number of carbonyl (C=O) groups is 2. The molecule has 0 fully saturated rings. The summed E-state index contributed by atoms with van der Waals surface area (Å²) in [4.78, 5) is 23.8. The van der Waals surface area contributed by atoms with Crippen molar-refractivity contribution in [1.82, 2.24) is 5.32 Å². The zero-order valence-corrected chi connectivity index (χ0v) is 15.1. The van der Waals surface area contributed by atoms with Crippen molar-refractivity contribution >= 4 is 35.1 Å². The fourth-order valence-corrected chi connectivity index (χ4v) is 2.03. The molecule has 128 valence electrons. The number of ether oxygens (including phenoxy) is 2. The van der Waals surface area contributed by atoms with E-state index in [2.05, 4.69) is 5.32 Å². The lowest BCUT2D eigenvalue weighted by Crippen LogP contribution is -2.40. The molecule has 1 N–H and O–H groups in total. The first-order valence-corrected chi connectivity index (χ1v) is 8.06. The Morgan fingerprint density at radius 2 is 1.78 bits per heavy atom. The van der Waals surface area contributed by atoms with Crippen LogP contribution in [0, 0.1) is 5.92 Å². The molecule has 5 nitrogen and oxygen atoms in total. The smallest absolute Gasteiger partial charge is 0.347 e. The molecule has 2 atom stereocenters. The van der Waals surface area contributed by atoms with Crippen molar-refractivity contribution in [1.29, 1.82) is 0 Å². The standard InChI is InChI=1S/C16H21Cl2NO4/c1-9(2)8-19-15(20)10(3)23-16(21)11(4)22-14-6-5-12(17)7-13(14)18/h5-7,9-11H,8H2,1-4H3,(H,19,20)/t10-,11-/m1/s1. The fourth-order valence-electron chi connectivity index (χ4n) is 1.58. The van der Waals surface area contributed by atoms with Crippen LogP contribution in [-0.2, 0) is 14.3 Å². The number of halogens is 2. The summed E-state index contributed by atoms with van der Waals surface area (Å²) in [5.74, 6) is -0.361. The quantitative estimate of drug-likeness (QED) is 0.755. The van der Waals surface area contributed by atoms with Gasteiger partial charge in [-0.25, -0.2) is 4.79 Å². The number of amides is 1. The normalized spacial score (nSPS) is 13.3. The lowest BCUT2D eigenvalue weighted by molar-refractivity contribution is -0.160. The van der Waals surface area contributed by atoms with Crippen molar-refractivity contribution in [3.63, 3.8) is 0 Å². The van der Waals surface area contributed by atoms with E-state index < -0.39 is 18.2 Å². The number of carbonyl (C=O) groups excluding carboxylic acids is 2. The molecule has 23 heavy (non-hydrogen) atoms. The Bertz CT molecular complexity index is 563. The molecule has 0 bridgehead atoms. The molecule has 1 amide bonds. The molecule has 1 aromatic rings. The van der Waals surface area contributed by atoms with Crippen molar-refractivity contribution in [2.75, 3.05) is 6.54 Å². The number of benzene rings is 1. The average Bonchev–Trinajstić information content (AvgIpc) is 2.47. The van der Waals surface area contributed by atoms with Crippen LogP contribution in [0.2, 0.25) is 10.0 Å². The summed E-state index contributed by atoms with van der Waals surface area (Å²) >= 11 is 11.8. The molecule has 7 heteroatoms. The third-order valence-electron chi connectivity index (χ3n) is 2.88. The van der Waals surface area contributed by atoms with Crippen molar-refractivity contribution in [3.8, 4) is 5.75 Å². The van der Waals surface area contributed by atoms with Gasteiger partial charge in [0.2, 0.25) is 0 Å². The number of nitrogens with one attached hydrogen (secondary N) is 1. The van der Waals surface area contributed by atoms with Crippen molar-refractivity contribution in [2.45, 2.75) is 39.9 Å². The van der Waals surface area contributed by atoms with Gasteiger partial charge in [0, 0.05) is 11.6 Å². The van der Waals surface area contributed by atoms with Crippen molar-refractivity contribution < 1.29 is 19.1 Å². The van der Waals surface area contributed by atoms with E-state index in [0.717, 1.165) is 0 Å². The van der Waals surface area contributed by atoms with E-state index in [-0.39, 0.29) is 5.91 Å². The predicted molar refractivity (Wildman–Crippen MR) is 90.0 cm³/mol. The minimum Gasteiger partial charge on any atom is -0.477 e. The average molecular weight is 362 g/mol. The maximum absolute atomic E-state index is 12.0. The monoisotopic (exact) mass is 361 g/mol. The van der Waals surface area contributed by atoms with Crippen LogP contribution in [0.15, 0.2) is 18.2 Å². The SMILES string of the molecule is CC(C)CNC(=O)[C@@H](C)OC(=O)[C@@H](C)Oc1ccc(Cl)cc1Cl. The Balaban J connectivity index is 2.54. The summed E-state index contributed by atoms with van der Waals surface area (Å²) in [7, 11) is 0. The number of rotatable bonds is 7. The van der Waals surface area contributed by atoms with E-state index in [0.29, 0.717) is 28.3 Å². The molecule has 1 aromatic carbocycles. The van der Waals surface area contributed by atoms with Gasteiger partial charge < -0.3 is 14.8 Å². The first-order chi connectivity index (χ1) is 10.7.